The highest BCUT2D eigenvalue weighted by atomic mass is 35.5. The van der Waals surface area contributed by atoms with Crippen molar-refractivity contribution in [3.63, 3.8) is 0 Å². The van der Waals surface area contributed by atoms with E-state index >= 15 is 0 Å². The van der Waals surface area contributed by atoms with E-state index in [0.717, 1.165) is 16.9 Å². The zero-order chi connectivity index (χ0) is 14.6. The van der Waals surface area contributed by atoms with Crippen LogP contribution in [0.1, 0.15) is 30.5 Å². The van der Waals surface area contributed by atoms with Crippen molar-refractivity contribution in [2.24, 2.45) is 5.73 Å². The SMILES string of the molecule is Cc1cc(C)c(OCC(=O)NC(C)(C)CN)c(C)c1.Cl. The number of ether oxygens (including phenoxy) is 1. The Morgan fingerprint density at radius 3 is 2.20 bits per heavy atom. The number of carbonyl (C=O) groups is 1. The summed E-state index contributed by atoms with van der Waals surface area (Å²) in [5, 5.41) is 2.84. The van der Waals surface area contributed by atoms with Crippen LogP contribution in [0.4, 0.5) is 0 Å². The van der Waals surface area contributed by atoms with Crippen LogP contribution in [0.3, 0.4) is 0 Å². The number of hydrogen-bond donors (Lipinski definition) is 2. The molecule has 1 rings (SSSR count). The molecule has 0 atom stereocenters. The summed E-state index contributed by atoms with van der Waals surface area (Å²) in [6, 6.07) is 4.09. The van der Waals surface area contributed by atoms with E-state index in [4.69, 9.17) is 10.5 Å². The molecule has 1 amide bonds. The van der Waals surface area contributed by atoms with Gasteiger partial charge in [0, 0.05) is 12.1 Å². The van der Waals surface area contributed by atoms with Crippen molar-refractivity contribution in [3.8, 4) is 5.75 Å². The lowest BCUT2D eigenvalue weighted by Gasteiger charge is -2.24. The fourth-order valence-corrected chi connectivity index (χ4v) is 2.00. The van der Waals surface area contributed by atoms with Crippen LogP contribution in [0.15, 0.2) is 12.1 Å². The third kappa shape index (κ3) is 5.39. The lowest BCUT2D eigenvalue weighted by atomic mass is 10.1. The Morgan fingerprint density at radius 1 is 1.25 bits per heavy atom. The molecule has 114 valence electrons. The van der Waals surface area contributed by atoms with Gasteiger partial charge in [0.2, 0.25) is 0 Å². The summed E-state index contributed by atoms with van der Waals surface area (Å²) in [4.78, 5) is 11.8. The predicted molar refractivity (Wildman–Crippen MR) is 84.7 cm³/mol. The van der Waals surface area contributed by atoms with Crippen LogP contribution in [0.25, 0.3) is 0 Å². The van der Waals surface area contributed by atoms with E-state index in [1.54, 1.807) is 0 Å². The monoisotopic (exact) mass is 300 g/mol. The van der Waals surface area contributed by atoms with Crippen LogP contribution < -0.4 is 15.8 Å². The van der Waals surface area contributed by atoms with Gasteiger partial charge in [-0.2, -0.15) is 0 Å². The molecule has 0 aromatic heterocycles. The molecule has 0 saturated carbocycles. The van der Waals surface area contributed by atoms with Crippen molar-refractivity contribution in [3.05, 3.63) is 28.8 Å². The van der Waals surface area contributed by atoms with Gasteiger partial charge in [-0.15, -0.1) is 12.4 Å². The van der Waals surface area contributed by atoms with Gasteiger partial charge < -0.3 is 15.8 Å². The molecule has 1 aromatic carbocycles. The van der Waals surface area contributed by atoms with E-state index in [1.165, 1.54) is 5.56 Å². The quantitative estimate of drug-likeness (QED) is 0.877. The van der Waals surface area contributed by atoms with Gasteiger partial charge in [-0.1, -0.05) is 17.7 Å². The minimum absolute atomic E-state index is 0. The van der Waals surface area contributed by atoms with Crippen molar-refractivity contribution in [2.45, 2.75) is 40.2 Å². The Labute approximate surface area is 127 Å². The third-order valence-electron chi connectivity index (χ3n) is 2.94. The number of aryl methyl sites for hydroxylation is 3. The maximum atomic E-state index is 11.8. The second-order valence-corrected chi connectivity index (χ2v) is 5.65. The zero-order valence-electron chi connectivity index (χ0n) is 12.9. The van der Waals surface area contributed by atoms with E-state index in [9.17, 15) is 4.79 Å². The van der Waals surface area contributed by atoms with Crippen molar-refractivity contribution < 1.29 is 9.53 Å². The highest BCUT2D eigenvalue weighted by molar-refractivity contribution is 5.85. The Kier molecular flexibility index (Phi) is 7.03. The molecular weight excluding hydrogens is 276 g/mol. The molecule has 4 nitrogen and oxygen atoms in total. The first-order valence-corrected chi connectivity index (χ1v) is 6.47. The Hall–Kier alpha value is -1.26. The number of rotatable bonds is 5. The Balaban J connectivity index is 0.00000361. The molecule has 0 radical (unpaired) electrons. The van der Waals surface area contributed by atoms with Crippen molar-refractivity contribution >= 4 is 18.3 Å². The summed E-state index contributed by atoms with van der Waals surface area (Å²) in [5.74, 6) is 0.626. The molecule has 0 heterocycles. The average Bonchev–Trinajstić information content (AvgIpc) is 2.26. The smallest absolute Gasteiger partial charge is 0.258 e. The average molecular weight is 301 g/mol. The number of nitrogens with one attached hydrogen (secondary N) is 1. The highest BCUT2D eigenvalue weighted by Gasteiger charge is 2.18. The second kappa shape index (κ2) is 7.50. The molecule has 0 bridgehead atoms. The van der Waals surface area contributed by atoms with Gasteiger partial charge in [-0.25, -0.2) is 0 Å². The van der Waals surface area contributed by atoms with Gasteiger partial charge in [0.1, 0.15) is 5.75 Å². The minimum atomic E-state index is -0.405. The molecule has 3 N–H and O–H groups in total. The molecule has 0 spiro atoms. The normalized spacial score (nSPS) is 10.7. The fraction of sp³-hybridized carbons (Fsp3) is 0.533. The molecule has 1 aromatic rings. The number of halogens is 1. The standard InChI is InChI=1S/C15H24N2O2.ClH/c1-10-6-11(2)14(12(3)7-10)19-8-13(18)17-15(4,5)9-16;/h6-7H,8-9,16H2,1-5H3,(H,17,18);1H. The summed E-state index contributed by atoms with van der Waals surface area (Å²) in [6.07, 6.45) is 0. The lowest BCUT2D eigenvalue weighted by molar-refractivity contribution is -0.124. The maximum absolute atomic E-state index is 11.8. The van der Waals surface area contributed by atoms with Crippen LogP contribution in [0.5, 0.6) is 5.75 Å². The van der Waals surface area contributed by atoms with E-state index in [1.807, 2.05) is 46.8 Å². The number of benzene rings is 1. The van der Waals surface area contributed by atoms with Gasteiger partial charge >= 0.3 is 0 Å². The zero-order valence-corrected chi connectivity index (χ0v) is 13.7. The molecule has 0 aliphatic rings. The summed E-state index contributed by atoms with van der Waals surface area (Å²) in [5.41, 5.74) is 8.45. The Bertz CT molecular complexity index is 450. The minimum Gasteiger partial charge on any atom is -0.483 e. The molecular formula is C15H25ClN2O2. The number of carbonyl (C=O) groups excluding carboxylic acids is 1. The molecule has 0 saturated heterocycles. The van der Waals surface area contributed by atoms with Crippen LogP contribution in [-0.2, 0) is 4.79 Å². The van der Waals surface area contributed by atoms with Gasteiger partial charge in [0.05, 0.1) is 0 Å². The Morgan fingerprint density at radius 2 is 1.75 bits per heavy atom. The molecule has 0 aliphatic carbocycles. The predicted octanol–water partition coefficient (Wildman–Crippen LogP) is 2.27. The van der Waals surface area contributed by atoms with Crippen LogP contribution in [-0.4, -0.2) is 24.6 Å². The lowest BCUT2D eigenvalue weighted by Crippen LogP contribution is -2.50. The summed E-state index contributed by atoms with van der Waals surface area (Å²) in [6.45, 7) is 10.2. The first-order valence-electron chi connectivity index (χ1n) is 6.47. The van der Waals surface area contributed by atoms with Gasteiger partial charge in [0.15, 0.2) is 6.61 Å². The molecule has 0 fully saturated rings. The largest absolute Gasteiger partial charge is 0.483 e. The first-order chi connectivity index (χ1) is 8.75. The van der Waals surface area contributed by atoms with Crippen molar-refractivity contribution in [1.29, 1.82) is 0 Å². The topological polar surface area (TPSA) is 64.3 Å². The number of hydrogen-bond acceptors (Lipinski definition) is 3. The molecule has 0 unspecified atom stereocenters. The van der Waals surface area contributed by atoms with Crippen molar-refractivity contribution in [2.75, 3.05) is 13.2 Å². The van der Waals surface area contributed by atoms with Gasteiger partial charge in [-0.3, -0.25) is 4.79 Å². The van der Waals surface area contributed by atoms with E-state index in [2.05, 4.69) is 5.32 Å². The summed E-state index contributed by atoms with van der Waals surface area (Å²) < 4.78 is 5.62. The van der Waals surface area contributed by atoms with E-state index in [-0.39, 0.29) is 24.9 Å². The molecule has 5 heteroatoms. The highest BCUT2D eigenvalue weighted by Crippen LogP contribution is 2.24. The first kappa shape index (κ1) is 18.7. The number of amides is 1. The third-order valence-corrected chi connectivity index (χ3v) is 2.94. The van der Waals surface area contributed by atoms with E-state index < -0.39 is 5.54 Å². The molecule has 0 aliphatic heterocycles. The fourth-order valence-electron chi connectivity index (χ4n) is 2.00. The van der Waals surface area contributed by atoms with Crippen LogP contribution >= 0.6 is 12.4 Å². The van der Waals surface area contributed by atoms with Crippen LogP contribution in [0, 0.1) is 20.8 Å². The van der Waals surface area contributed by atoms with E-state index in [0.29, 0.717) is 6.54 Å². The van der Waals surface area contributed by atoms with Gasteiger partial charge in [-0.05, 0) is 45.7 Å². The summed E-state index contributed by atoms with van der Waals surface area (Å²) in [7, 11) is 0. The summed E-state index contributed by atoms with van der Waals surface area (Å²) >= 11 is 0. The van der Waals surface area contributed by atoms with Gasteiger partial charge in [0.25, 0.3) is 5.91 Å². The second-order valence-electron chi connectivity index (χ2n) is 5.65. The number of nitrogens with two attached hydrogens (primary N) is 1. The van der Waals surface area contributed by atoms with Crippen molar-refractivity contribution in [1.82, 2.24) is 5.32 Å². The molecule has 20 heavy (non-hydrogen) atoms. The maximum Gasteiger partial charge on any atom is 0.258 e. The van der Waals surface area contributed by atoms with Crippen LogP contribution in [0.2, 0.25) is 0 Å².